The number of carbonyl (C=O) groups excluding carboxylic acids is 1. The molecule has 0 aromatic heterocycles. The molecule has 0 saturated heterocycles. The van der Waals surface area contributed by atoms with E-state index in [0.29, 0.717) is 19.8 Å². The van der Waals surface area contributed by atoms with E-state index in [1.165, 1.54) is 0 Å². The van der Waals surface area contributed by atoms with Crippen LogP contribution < -0.4 is 5.73 Å². The first-order valence-corrected chi connectivity index (χ1v) is 5.09. The Bertz CT molecular complexity index is 159. The molecular weight excluding hydrogens is 182 g/mol. The van der Waals surface area contributed by atoms with Crippen LogP contribution in [0.3, 0.4) is 0 Å². The van der Waals surface area contributed by atoms with Gasteiger partial charge in [0, 0.05) is 6.61 Å². The zero-order valence-electron chi connectivity index (χ0n) is 9.29. The molecule has 0 saturated carbocycles. The Kier molecular flexibility index (Phi) is 7.42. The Labute approximate surface area is 85.8 Å². The summed E-state index contributed by atoms with van der Waals surface area (Å²) >= 11 is 0. The topological polar surface area (TPSA) is 61.5 Å². The molecule has 14 heavy (non-hydrogen) atoms. The van der Waals surface area contributed by atoms with Gasteiger partial charge in [-0.25, -0.2) is 0 Å². The molecule has 84 valence electrons. The molecular formula is C10H21NO3. The van der Waals surface area contributed by atoms with Crippen molar-refractivity contribution < 1.29 is 14.3 Å². The molecule has 0 fully saturated rings. The summed E-state index contributed by atoms with van der Waals surface area (Å²) in [4.78, 5) is 11.2. The molecule has 2 N–H and O–H groups in total. The van der Waals surface area contributed by atoms with E-state index >= 15 is 0 Å². The van der Waals surface area contributed by atoms with Gasteiger partial charge < -0.3 is 15.2 Å². The molecule has 0 aliphatic heterocycles. The Morgan fingerprint density at radius 1 is 1.29 bits per heavy atom. The first-order chi connectivity index (χ1) is 6.59. The number of hydrogen-bond donors (Lipinski definition) is 1. The third-order valence-corrected chi connectivity index (χ3v) is 1.81. The molecule has 0 bridgehead atoms. The van der Waals surface area contributed by atoms with Gasteiger partial charge in [-0.2, -0.15) is 0 Å². The third kappa shape index (κ3) is 5.94. The summed E-state index contributed by atoms with van der Waals surface area (Å²) in [7, 11) is 0. The first-order valence-electron chi connectivity index (χ1n) is 5.09. The van der Waals surface area contributed by atoms with Crippen molar-refractivity contribution in [3.05, 3.63) is 0 Å². The van der Waals surface area contributed by atoms with Crippen molar-refractivity contribution in [2.24, 2.45) is 11.7 Å². The zero-order chi connectivity index (χ0) is 11.0. The fourth-order valence-electron chi connectivity index (χ4n) is 0.816. The molecule has 0 rings (SSSR count). The van der Waals surface area contributed by atoms with E-state index in [-0.39, 0.29) is 11.9 Å². The highest BCUT2D eigenvalue weighted by Crippen LogP contribution is 2.00. The molecule has 1 unspecified atom stereocenters. The fraction of sp³-hybridized carbons (Fsp3) is 0.900. The van der Waals surface area contributed by atoms with Crippen LogP contribution in [0, 0.1) is 5.92 Å². The van der Waals surface area contributed by atoms with Gasteiger partial charge >= 0.3 is 5.97 Å². The van der Waals surface area contributed by atoms with Gasteiger partial charge in [-0.05, 0) is 12.3 Å². The van der Waals surface area contributed by atoms with Crippen molar-refractivity contribution in [2.75, 3.05) is 19.8 Å². The van der Waals surface area contributed by atoms with E-state index < -0.39 is 6.04 Å². The van der Waals surface area contributed by atoms with Crippen LogP contribution in [0.25, 0.3) is 0 Å². The smallest absolute Gasteiger partial charge is 0.323 e. The zero-order valence-corrected chi connectivity index (χ0v) is 9.29. The minimum absolute atomic E-state index is 0.110. The van der Waals surface area contributed by atoms with Gasteiger partial charge in [-0.1, -0.05) is 20.8 Å². The molecule has 4 nitrogen and oxygen atoms in total. The first kappa shape index (κ1) is 13.4. The molecule has 0 aromatic rings. The molecule has 0 aromatic carbocycles. The van der Waals surface area contributed by atoms with Gasteiger partial charge in [0.2, 0.25) is 0 Å². The predicted molar refractivity (Wildman–Crippen MR) is 54.9 cm³/mol. The second-order valence-electron chi connectivity index (χ2n) is 3.55. The Balaban J connectivity index is 3.44. The summed E-state index contributed by atoms with van der Waals surface area (Å²) < 4.78 is 10.1. The van der Waals surface area contributed by atoms with Crippen molar-refractivity contribution in [1.82, 2.24) is 0 Å². The van der Waals surface area contributed by atoms with Crippen molar-refractivity contribution in [3.8, 4) is 0 Å². The van der Waals surface area contributed by atoms with Gasteiger partial charge in [-0.3, -0.25) is 4.79 Å². The van der Waals surface area contributed by atoms with Crippen molar-refractivity contribution in [1.29, 1.82) is 0 Å². The molecule has 0 aliphatic carbocycles. The maximum atomic E-state index is 11.2. The Morgan fingerprint density at radius 3 is 2.43 bits per heavy atom. The molecule has 0 radical (unpaired) electrons. The second-order valence-corrected chi connectivity index (χ2v) is 3.55. The summed E-state index contributed by atoms with van der Waals surface area (Å²) in [5, 5.41) is 0. The highest BCUT2D eigenvalue weighted by atomic mass is 16.6. The Morgan fingerprint density at radius 2 is 1.93 bits per heavy atom. The van der Waals surface area contributed by atoms with E-state index in [4.69, 9.17) is 15.2 Å². The third-order valence-electron chi connectivity index (χ3n) is 1.81. The highest BCUT2D eigenvalue weighted by molar-refractivity contribution is 5.75. The lowest BCUT2D eigenvalue weighted by Crippen LogP contribution is -2.37. The van der Waals surface area contributed by atoms with Crippen molar-refractivity contribution in [3.63, 3.8) is 0 Å². The summed E-state index contributed by atoms with van der Waals surface area (Å²) in [6.45, 7) is 7.25. The van der Waals surface area contributed by atoms with Crippen LogP contribution in [-0.4, -0.2) is 31.8 Å². The number of ether oxygens (including phenoxy) is 2. The van der Waals surface area contributed by atoms with Gasteiger partial charge in [0.25, 0.3) is 0 Å². The summed E-state index contributed by atoms with van der Waals surface area (Å²) in [6, 6.07) is -0.527. The number of rotatable bonds is 7. The highest BCUT2D eigenvalue weighted by Gasteiger charge is 2.18. The van der Waals surface area contributed by atoms with E-state index in [1.807, 2.05) is 20.8 Å². The summed E-state index contributed by atoms with van der Waals surface area (Å²) in [5.74, 6) is -0.237. The van der Waals surface area contributed by atoms with Crippen LogP contribution in [0.1, 0.15) is 27.2 Å². The van der Waals surface area contributed by atoms with Crippen LogP contribution in [0.5, 0.6) is 0 Å². The van der Waals surface area contributed by atoms with Crippen LogP contribution in [0.4, 0.5) is 0 Å². The number of esters is 1. The average Bonchev–Trinajstić information content (AvgIpc) is 2.16. The van der Waals surface area contributed by atoms with Crippen LogP contribution in [0.15, 0.2) is 0 Å². The van der Waals surface area contributed by atoms with Gasteiger partial charge in [-0.15, -0.1) is 0 Å². The van der Waals surface area contributed by atoms with Gasteiger partial charge in [0.1, 0.15) is 12.6 Å². The van der Waals surface area contributed by atoms with E-state index in [9.17, 15) is 4.79 Å². The minimum Gasteiger partial charge on any atom is -0.462 e. The molecule has 0 heterocycles. The van der Waals surface area contributed by atoms with Crippen LogP contribution >= 0.6 is 0 Å². The van der Waals surface area contributed by atoms with Crippen molar-refractivity contribution >= 4 is 5.97 Å². The molecule has 1 atom stereocenters. The second kappa shape index (κ2) is 7.76. The molecule has 0 spiro atoms. The maximum absolute atomic E-state index is 11.2. The lowest BCUT2D eigenvalue weighted by molar-refractivity contribution is -0.147. The number of nitrogens with two attached hydrogens (primary N) is 1. The minimum atomic E-state index is -0.527. The SMILES string of the molecule is CCCOCCOC(=O)C(N)C(C)C. The predicted octanol–water partition coefficient (Wildman–Crippen LogP) is 0.940. The number of hydrogen-bond acceptors (Lipinski definition) is 4. The number of carbonyl (C=O) groups is 1. The van der Waals surface area contributed by atoms with Crippen LogP contribution in [-0.2, 0) is 14.3 Å². The molecule has 4 heteroatoms. The fourth-order valence-corrected chi connectivity index (χ4v) is 0.816. The van der Waals surface area contributed by atoms with Crippen molar-refractivity contribution in [2.45, 2.75) is 33.2 Å². The van der Waals surface area contributed by atoms with E-state index in [1.54, 1.807) is 0 Å². The van der Waals surface area contributed by atoms with E-state index in [2.05, 4.69) is 0 Å². The Hall–Kier alpha value is -0.610. The lowest BCUT2D eigenvalue weighted by Gasteiger charge is -2.14. The lowest BCUT2D eigenvalue weighted by atomic mass is 10.1. The largest absolute Gasteiger partial charge is 0.462 e. The van der Waals surface area contributed by atoms with Crippen LogP contribution in [0.2, 0.25) is 0 Å². The van der Waals surface area contributed by atoms with E-state index in [0.717, 1.165) is 6.42 Å². The summed E-state index contributed by atoms with van der Waals surface area (Å²) in [6.07, 6.45) is 0.972. The monoisotopic (exact) mass is 203 g/mol. The molecule has 0 aliphatic rings. The maximum Gasteiger partial charge on any atom is 0.323 e. The van der Waals surface area contributed by atoms with Gasteiger partial charge in [0.15, 0.2) is 0 Å². The van der Waals surface area contributed by atoms with Gasteiger partial charge in [0.05, 0.1) is 6.61 Å². The molecule has 0 amide bonds. The normalized spacial score (nSPS) is 12.9. The average molecular weight is 203 g/mol. The quantitative estimate of drug-likeness (QED) is 0.494. The summed E-state index contributed by atoms with van der Waals surface area (Å²) in [5.41, 5.74) is 5.59. The standard InChI is InChI=1S/C10H21NO3/c1-4-5-13-6-7-14-10(12)9(11)8(2)3/h8-9H,4-7,11H2,1-3H3.